The molecule has 2 aromatic carbocycles. The van der Waals surface area contributed by atoms with Crippen LogP contribution in [0.3, 0.4) is 0 Å². The number of nitrogens with zero attached hydrogens (tertiary/aromatic N) is 3. The molecule has 1 aliphatic heterocycles. The van der Waals surface area contributed by atoms with Crippen LogP contribution in [0.1, 0.15) is 27.0 Å². The van der Waals surface area contributed by atoms with Gasteiger partial charge in [0.05, 0.1) is 10.6 Å². The predicted octanol–water partition coefficient (Wildman–Crippen LogP) is 4.33. The summed E-state index contributed by atoms with van der Waals surface area (Å²) >= 11 is 6.74. The Kier molecular flexibility index (Phi) is 4.71. The lowest BCUT2D eigenvalue weighted by molar-refractivity contribution is 0.0251. The van der Waals surface area contributed by atoms with Crippen molar-refractivity contribution in [2.45, 2.75) is 5.60 Å². The lowest BCUT2D eigenvalue weighted by Crippen LogP contribution is -2.30. The summed E-state index contributed by atoms with van der Waals surface area (Å²) in [4.78, 5) is 21.0. The van der Waals surface area contributed by atoms with E-state index in [1.165, 1.54) is 0 Å². The summed E-state index contributed by atoms with van der Waals surface area (Å²) in [5.41, 5.74) is 3.60. The smallest absolute Gasteiger partial charge is 0.340 e. The van der Waals surface area contributed by atoms with Gasteiger partial charge in [0.25, 0.3) is 0 Å². The maximum Gasteiger partial charge on any atom is 0.340 e. The number of ether oxygens (including phenoxy) is 1. The van der Waals surface area contributed by atoms with E-state index in [-0.39, 0.29) is 5.97 Å². The first-order valence-electron chi connectivity index (χ1n) is 9.27. The number of hydrogen-bond donors (Lipinski definition) is 0. The van der Waals surface area contributed by atoms with Gasteiger partial charge in [-0.3, -0.25) is 4.98 Å². The zero-order chi connectivity index (χ0) is 20.8. The number of fused-ring (bicyclic) bond motifs is 1. The number of pyridine rings is 1. The van der Waals surface area contributed by atoms with E-state index in [9.17, 15) is 4.79 Å². The van der Waals surface area contributed by atoms with Crippen molar-refractivity contribution >= 4 is 28.9 Å². The maximum atomic E-state index is 12.8. The average Bonchev–Trinajstić information content (AvgIpc) is 3.01. The number of esters is 1. The molecular formula is C23H22ClN3O2. The normalized spacial score (nSPS) is 17.6. The van der Waals surface area contributed by atoms with Gasteiger partial charge >= 0.3 is 5.97 Å². The first-order chi connectivity index (χ1) is 13.8. The molecule has 0 N–H and O–H groups in total. The summed E-state index contributed by atoms with van der Waals surface area (Å²) in [6, 6.07) is 15.4. The van der Waals surface area contributed by atoms with E-state index in [0.717, 1.165) is 16.9 Å². The fourth-order valence-corrected chi connectivity index (χ4v) is 4.04. The first kappa shape index (κ1) is 19.3. The highest BCUT2D eigenvalue weighted by atomic mass is 35.5. The number of carbonyl (C=O) groups excluding carboxylic acids is 1. The molecule has 1 aromatic heterocycles. The number of cyclic esters (lactones) is 1. The van der Waals surface area contributed by atoms with Gasteiger partial charge in [-0.05, 0) is 30.3 Å². The zero-order valence-electron chi connectivity index (χ0n) is 16.8. The highest BCUT2D eigenvalue weighted by Gasteiger charge is 2.49. The molecule has 0 saturated heterocycles. The summed E-state index contributed by atoms with van der Waals surface area (Å²) in [5.74, 6) is -0.383. The molecule has 5 nitrogen and oxygen atoms in total. The van der Waals surface area contributed by atoms with Crippen LogP contribution in [-0.4, -0.2) is 39.1 Å². The number of hydrogen-bond acceptors (Lipinski definition) is 5. The van der Waals surface area contributed by atoms with Crippen LogP contribution < -0.4 is 9.80 Å². The predicted molar refractivity (Wildman–Crippen MR) is 116 cm³/mol. The fraction of sp³-hybridized carbons (Fsp3) is 0.217. The van der Waals surface area contributed by atoms with Crippen molar-refractivity contribution in [2.24, 2.45) is 0 Å². The van der Waals surface area contributed by atoms with Crippen LogP contribution in [0.15, 0.2) is 60.9 Å². The Morgan fingerprint density at radius 1 is 0.897 bits per heavy atom. The van der Waals surface area contributed by atoms with E-state index in [0.29, 0.717) is 21.7 Å². The molecule has 148 valence electrons. The van der Waals surface area contributed by atoms with Gasteiger partial charge in [-0.1, -0.05) is 29.8 Å². The van der Waals surface area contributed by atoms with Gasteiger partial charge in [-0.2, -0.15) is 0 Å². The molecule has 6 heteroatoms. The van der Waals surface area contributed by atoms with Crippen LogP contribution in [0.2, 0.25) is 5.02 Å². The van der Waals surface area contributed by atoms with Gasteiger partial charge in [0, 0.05) is 68.6 Å². The van der Waals surface area contributed by atoms with Crippen molar-refractivity contribution in [1.82, 2.24) is 4.98 Å². The molecule has 2 heterocycles. The molecule has 29 heavy (non-hydrogen) atoms. The molecule has 0 amide bonds. The largest absolute Gasteiger partial charge is 0.440 e. The number of aromatic nitrogens is 1. The van der Waals surface area contributed by atoms with Gasteiger partial charge in [0.2, 0.25) is 0 Å². The molecule has 1 atom stereocenters. The Morgan fingerprint density at radius 3 is 2.17 bits per heavy atom. The monoisotopic (exact) mass is 407 g/mol. The Hall–Kier alpha value is -3.05. The van der Waals surface area contributed by atoms with E-state index in [1.807, 2.05) is 80.5 Å². The van der Waals surface area contributed by atoms with E-state index in [1.54, 1.807) is 18.5 Å². The van der Waals surface area contributed by atoms with Crippen LogP contribution in [-0.2, 0) is 10.3 Å². The molecule has 0 radical (unpaired) electrons. The number of benzene rings is 2. The third-order valence-corrected chi connectivity index (χ3v) is 5.62. The summed E-state index contributed by atoms with van der Waals surface area (Å²) in [5, 5.41) is 0.525. The summed E-state index contributed by atoms with van der Waals surface area (Å²) in [6.07, 6.45) is 3.29. The molecule has 1 unspecified atom stereocenters. The average molecular weight is 408 g/mol. The summed E-state index contributed by atoms with van der Waals surface area (Å²) in [7, 11) is 7.87. The topological polar surface area (TPSA) is 45.7 Å². The molecular weight excluding hydrogens is 386 g/mol. The molecule has 4 rings (SSSR count). The zero-order valence-corrected chi connectivity index (χ0v) is 17.6. The molecule has 1 aliphatic rings. The molecule has 3 aromatic rings. The van der Waals surface area contributed by atoms with Crippen LogP contribution in [0, 0.1) is 0 Å². The lowest BCUT2D eigenvalue weighted by Gasteiger charge is -2.31. The van der Waals surface area contributed by atoms with Crippen molar-refractivity contribution in [3.63, 3.8) is 0 Å². The summed E-state index contributed by atoms with van der Waals surface area (Å²) < 4.78 is 6.08. The number of rotatable bonds is 4. The van der Waals surface area contributed by atoms with E-state index < -0.39 is 5.60 Å². The first-order valence-corrected chi connectivity index (χ1v) is 9.65. The molecule has 0 fully saturated rings. The van der Waals surface area contributed by atoms with Gasteiger partial charge < -0.3 is 14.5 Å². The van der Waals surface area contributed by atoms with Gasteiger partial charge in [0.1, 0.15) is 0 Å². The Labute approximate surface area is 175 Å². The molecule has 0 saturated carbocycles. The second kappa shape index (κ2) is 7.08. The quantitative estimate of drug-likeness (QED) is 0.602. The van der Waals surface area contributed by atoms with Crippen molar-refractivity contribution in [1.29, 1.82) is 0 Å². The SMILES string of the molecule is CN(C)c1ccc(C2(c3ccc(N(C)C)cc3Cl)OC(=O)c3ccncc32)cc1. The van der Waals surface area contributed by atoms with E-state index in [2.05, 4.69) is 4.98 Å². The van der Waals surface area contributed by atoms with Gasteiger partial charge in [0.15, 0.2) is 5.60 Å². The maximum absolute atomic E-state index is 12.8. The highest BCUT2D eigenvalue weighted by Crippen LogP contribution is 2.49. The third kappa shape index (κ3) is 3.02. The van der Waals surface area contributed by atoms with Crippen LogP contribution in [0.25, 0.3) is 0 Å². The van der Waals surface area contributed by atoms with Gasteiger partial charge in [-0.25, -0.2) is 4.79 Å². The van der Waals surface area contributed by atoms with Crippen LogP contribution in [0.5, 0.6) is 0 Å². The molecule has 0 spiro atoms. The highest BCUT2D eigenvalue weighted by molar-refractivity contribution is 6.32. The fourth-order valence-electron chi connectivity index (χ4n) is 3.73. The van der Waals surface area contributed by atoms with Crippen molar-refractivity contribution in [3.05, 3.63) is 88.2 Å². The van der Waals surface area contributed by atoms with Crippen molar-refractivity contribution in [3.8, 4) is 0 Å². The Balaban J connectivity index is 1.99. The Bertz CT molecular complexity index is 1080. The Morgan fingerprint density at radius 2 is 1.55 bits per heavy atom. The minimum atomic E-state index is -1.15. The molecule has 0 bridgehead atoms. The van der Waals surface area contributed by atoms with E-state index in [4.69, 9.17) is 16.3 Å². The number of anilines is 2. The minimum absolute atomic E-state index is 0.383. The second-order valence-electron chi connectivity index (χ2n) is 7.49. The minimum Gasteiger partial charge on any atom is -0.440 e. The van der Waals surface area contributed by atoms with E-state index >= 15 is 0 Å². The van der Waals surface area contributed by atoms with Gasteiger partial charge in [-0.15, -0.1) is 0 Å². The molecule has 0 aliphatic carbocycles. The summed E-state index contributed by atoms with van der Waals surface area (Å²) in [6.45, 7) is 0. The second-order valence-corrected chi connectivity index (χ2v) is 7.90. The van der Waals surface area contributed by atoms with Crippen molar-refractivity contribution < 1.29 is 9.53 Å². The number of halogens is 1. The lowest BCUT2D eigenvalue weighted by atomic mass is 9.80. The van der Waals surface area contributed by atoms with Crippen molar-refractivity contribution in [2.75, 3.05) is 38.0 Å². The third-order valence-electron chi connectivity index (χ3n) is 5.30. The van der Waals surface area contributed by atoms with Crippen LogP contribution in [0.4, 0.5) is 11.4 Å². The standard InChI is InChI=1S/C23H22ClN3O2/c1-26(2)16-7-5-15(6-8-16)23(19-10-9-17(27(3)4)13-21(19)24)20-14-25-12-11-18(20)22(28)29-23/h5-14H,1-4H3. The number of carbonyl (C=O) groups is 1. The van der Waals surface area contributed by atoms with Crippen LogP contribution >= 0.6 is 11.6 Å².